The SMILES string of the molecule is Cc1cc(C)c(-c2ccccc2)c(CP2(=O)OCC3(CO2)COP(=O)(Cc2cc(C)cc(C)c2-c2ccccc2)OC3)c1. The van der Waals surface area contributed by atoms with Crippen LogP contribution in [0, 0.1) is 33.1 Å². The molecule has 8 heteroatoms. The predicted octanol–water partition coefficient (Wildman–Crippen LogP) is 9.42. The quantitative estimate of drug-likeness (QED) is 0.201. The Hall–Kier alpha value is -2.82. The molecular weight excluding hydrogens is 578 g/mol. The molecule has 0 aromatic heterocycles. The minimum atomic E-state index is -3.43. The molecule has 0 radical (unpaired) electrons. The molecule has 224 valence electrons. The van der Waals surface area contributed by atoms with E-state index in [1.165, 1.54) is 0 Å². The molecule has 0 unspecified atom stereocenters. The minimum absolute atomic E-state index is 0.147. The molecular formula is C35H38O6P2. The fourth-order valence-corrected chi connectivity index (χ4v) is 9.99. The minimum Gasteiger partial charge on any atom is -0.307 e. The molecule has 1 spiro atoms. The summed E-state index contributed by atoms with van der Waals surface area (Å²) in [6, 6.07) is 28.6. The second kappa shape index (κ2) is 11.9. The molecule has 0 bridgehead atoms. The van der Waals surface area contributed by atoms with Gasteiger partial charge in [0.25, 0.3) is 0 Å². The summed E-state index contributed by atoms with van der Waals surface area (Å²) in [4.78, 5) is 0. The largest absolute Gasteiger partial charge is 0.335 e. The van der Waals surface area contributed by atoms with Crippen LogP contribution in [-0.4, -0.2) is 26.4 Å². The van der Waals surface area contributed by atoms with Gasteiger partial charge in [0.2, 0.25) is 0 Å². The maximum Gasteiger partial charge on any atom is 0.335 e. The lowest BCUT2D eigenvalue weighted by atomic mass is 9.93. The molecule has 0 aliphatic carbocycles. The highest BCUT2D eigenvalue weighted by Crippen LogP contribution is 2.62. The van der Waals surface area contributed by atoms with Crippen LogP contribution in [-0.2, 0) is 39.5 Å². The molecule has 2 saturated heterocycles. The van der Waals surface area contributed by atoms with Crippen LogP contribution in [0.5, 0.6) is 0 Å². The van der Waals surface area contributed by atoms with Crippen LogP contribution in [0.1, 0.15) is 33.4 Å². The highest BCUT2D eigenvalue weighted by atomic mass is 31.2. The number of rotatable bonds is 6. The summed E-state index contributed by atoms with van der Waals surface area (Å²) in [7, 11) is -6.87. The van der Waals surface area contributed by atoms with Crippen LogP contribution in [0.2, 0.25) is 0 Å². The van der Waals surface area contributed by atoms with Crippen LogP contribution in [0.25, 0.3) is 22.3 Å². The lowest BCUT2D eigenvalue weighted by Gasteiger charge is -2.43. The molecule has 43 heavy (non-hydrogen) atoms. The summed E-state index contributed by atoms with van der Waals surface area (Å²) in [5.41, 5.74) is 9.87. The van der Waals surface area contributed by atoms with Gasteiger partial charge in [-0.05, 0) is 72.2 Å². The van der Waals surface area contributed by atoms with Gasteiger partial charge in [-0.1, -0.05) is 96.1 Å². The molecule has 0 N–H and O–H groups in total. The summed E-state index contributed by atoms with van der Waals surface area (Å²) in [6.07, 6.45) is 0.343. The molecule has 2 fully saturated rings. The van der Waals surface area contributed by atoms with Gasteiger partial charge in [-0.15, -0.1) is 0 Å². The first-order valence-corrected chi connectivity index (χ1v) is 18.1. The molecule has 2 heterocycles. The van der Waals surface area contributed by atoms with Gasteiger partial charge in [-0.2, -0.15) is 0 Å². The third-order valence-corrected chi connectivity index (χ3v) is 11.8. The molecule has 6 nitrogen and oxygen atoms in total. The van der Waals surface area contributed by atoms with E-state index in [0.717, 1.165) is 55.6 Å². The Bertz CT molecular complexity index is 1580. The van der Waals surface area contributed by atoms with Crippen molar-refractivity contribution in [1.82, 2.24) is 0 Å². The average molecular weight is 617 g/mol. The van der Waals surface area contributed by atoms with Crippen molar-refractivity contribution in [3.63, 3.8) is 0 Å². The Labute approximate surface area is 254 Å². The number of aryl methyl sites for hydroxylation is 4. The maximum absolute atomic E-state index is 13.9. The number of hydrogen-bond donors (Lipinski definition) is 0. The normalized spacial score (nSPS) is 25.6. The van der Waals surface area contributed by atoms with Gasteiger partial charge in [0.15, 0.2) is 0 Å². The molecule has 0 saturated carbocycles. The fourth-order valence-electron chi connectivity index (χ4n) is 6.26. The van der Waals surface area contributed by atoms with Crippen LogP contribution in [0.3, 0.4) is 0 Å². The summed E-state index contributed by atoms with van der Waals surface area (Å²) >= 11 is 0. The Kier molecular flexibility index (Phi) is 8.39. The van der Waals surface area contributed by atoms with Crippen molar-refractivity contribution in [2.45, 2.75) is 40.0 Å². The summed E-state index contributed by atoms with van der Waals surface area (Å²) < 4.78 is 51.8. The van der Waals surface area contributed by atoms with Crippen molar-refractivity contribution in [1.29, 1.82) is 0 Å². The van der Waals surface area contributed by atoms with Crippen LogP contribution >= 0.6 is 15.2 Å². The lowest BCUT2D eigenvalue weighted by Crippen LogP contribution is -2.45. The third kappa shape index (κ3) is 6.51. The summed E-state index contributed by atoms with van der Waals surface area (Å²) in [6.45, 7) is 8.81. The van der Waals surface area contributed by atoms with Gasteiger partial charge in [0.05, 0.1) is 44.2 Å². The molecule has 6 rings (SSSR count). The highest BCUT2D eigenvalue weighted by molar-refractivity contribution is 7.53. The van der Waals surface area contributed by atoms with Crippen molar-refractivity contribution in [3.8, 4) is 22.3 Å². The highest BCUT2D eigenvalue weighted by Gasteiger charge is 2.49. The van der Waals surface area contributed by atoms with E-state index < -0.39 is 20.6 Å². The first-order valence-electron chi connectivity index (χ1n) is 14.6. The Morgan fingerprint density at radius 2 is 0.907 bits per heavy atom. The van der Waals surface area contributed by atoms with Gasteiger partial charge < -0.3 is 18.1 Å². The zero-order valence-electron chi connectivity index (χ0n) is 25.2. The summed E-state index contributed by atoms with van der Waals surface area (Å²) in [5, 5.41) is 0. The topological polar surface area (TPSA) is 71.1 Å². The van der Waals surface area contributed by atoms with Gasteiger partial charge in [0.1, 0.15) is 0 Å². The smallest absolute Gasteiger partial charge is 0.307 e. The van der Waals surface area contributed by atoms with E-state index in [1.54, 1.807) is 0 Å². The number of benzene rings is 4. The van der Waals surface area contributed by atoms with Gasteiger partial charge in [-0.3, -0.25) is 9.13 Å². The standard InChI is InChI=1S/C35H38O6P2/c1-25-15-27(3)33(29-11-7-5-8-12-29)31(17-25)19-42(36)38-21-35(22-39-42)23-40-43(37,41-24-35)20-32-18-26(2)16-28(4)34(32)30-13-9-6-10-14-30/h5-18H,19-24H2,1-4H3. The van der Waals surface area contributed by atoms with E-state index in [0.29, 0.717) is 0 Å². The van der Waals surface area contributed by atoms with Crippen molar-refractivity contribution in [2.75, 3.05) is 26.4 Å². The van der Waals surface area contributed by atoms with E-state index >= 15 is 0 Å². The maximum atomic E-state index is 13.9. The zero-order valence-corrected chi connectivity index (χ0v) is 27.0. The van der Waals surface area contributed by atoms with Crippen molar-refractivity contribution >= 4 is 15.2 Å². The second-order valence-corrected chi connectivity index (χ2v) is 16.2. The van der Waals surface area contributed by atoms with E-state index in [4.69, 9.17) is 18.1 Å². The van der Waals surface area contributed by atoms with Crippen molar-refractivity contribution in [2.24, 2.45) is 5.41 Å². The number of hydrogen-bond acceptors (Lipinski definition) is 6. The van der Waals surface area contributed by atoms with E-state index in [-0.39, 0.29) is 38.8 Å². The zero-order chi connectivity index (χ0) is 30.2. The molecule has 4 aromatic rings. The lowest BCUT2D eigenvalue weighted by molar-refractivity contribution is -0.0690. The molecule has 0 atom stereocenters. The first-order chi connectivity index (χ1) is 20.6. The van der Waals surface area contributed by atoms with Crippen molar-refractivity contribution < 1.29 is 27.2 Å². The van der Waals surface area contributed by atoms with Crippen molar-refractivity contribution in [3.05, 3.63) is 118 Å². The van der Waals surface area contributed by atoms with Crippen LogP contribution < -0.4 is 0 Å². The molecule has 2 aliphatic heterocycles. The third-order valence-electron chi connectivity index (χ3n) is 8.25. The van der Waals surface area contributed by atoms with E-state index in [2.05, 4.69) is 62.4 Å². The van der Waals surface area contributed by atoms with Gasteiger partial charge in [-0.25, -0.2) is 0 Å². The first kappa shape index (κ1) is 30.2. The Morgan fingerprint density at radius 1 is 0.558 bits per heavy atom. The van der Waals surface area contributed by atoms with E-state index in [9.17, 15) is 9.13 Å². The molecule has 4 aromatic carbocycles. The predicted molar refractivity (Wildman–Crippen MR) is 172 cm³/mol. The fraction of sp³-hybridized carbons (Fsp3) is 0.314. The summed E-state index contributed by atoms with van der Waals surface area (Å²) in [5.74, 6) is 0. The van der Waals surface area contributed by atoms with Gasteiger partial charge in [0, 0.05) is 0 Å². The second-order valence-electron chi connectivity index (χ2n) is 12.1. The average Bonchev–Trinajstić information content (AvgIpc) is 2.97. The molecule has 0 amide bonds. The van der Waals surface area contributed by atoms with E-state index in [1.807, 2.05) is 50.2 Å². The Balaban J connectivity index is 1.15. The van der Waals surface area contributed by atoms with Crippen LogP contribution in [0.15, 0.2) is 84.9 Å². The van der Waals surface area contributed by atoms with Gasteiger partial charge >= 0.3 is 15.2 Å². The Morgan fingerprint density at radius 3 is 1.26 bits per heavy atom. The van der Waals surface area contributed by atoms with Crippen LogP contribution in [0.4, 0.5) is 0 Å². The molecule has 2 aliphatic rings. The monoisotopic (exact) mass is 616 g/mol.